The Balaban J connectivity index is 2.09. The van der Waals surface area contributed by atoms with Crippen LogP contribution >= 0.6 is 0 Å². The van der Waals surface area contributed by atoms with Gasteiger partial charge in [-0.25, -0.2) is 0 Å². The molecule has 1 atom stereocenters. The quantitative estimate of drug-likeness (QED) is 0.363. The van der Waals surface area contributed by atoms with E-state index in [1.54, 1.807) is 7.11 Å². The number of hydrogen-bond donors (Lipinski definition) is 0. The second kappa shape index (κ2) is 3.45. The minimum Gasteiger partial charge on any atom is -0.418 e. The van der Waals surface area contributed by atoms with E-state index in [9.17, 15) is 0 Å². The first-order valence-corrected chi connectivity index (χ1v) is 5.17. The fourth-order valence-corrected chi connectivity index (χ4v) is 1.39. The van der Waals surface area contributed by atoms with Crippen LogP contribution in [0.5, 0.6) is 0 Å². The molecule has 0 N–H and O–H groups in total. The van der Waals surface area contributed by atoms with E-state index < -0.39 is 0 Å². The van der Waals surface area contributed by atoms with Gasteiger partial charge >= 0.3 is 0 Å². The van der Waals surface area contributed by atoms with E-state index in [4.69, 9.17) is 13.9 Å². The third-order valence-corrected chi connectivity index (χ3v) is 3.01. The van der Waals surface area contributed by atoms with Crippen LogP contribution in [0.4, 0.5) is 0 Å². The molecule has 70 valence electrons. The lowest BCUT2D eigenvalue weighted by Crippen LogP contribution is -2.24. The Labute approximate surface area is 76.3 Å². The monoisotopic (exact) mass is 188 g/mol. The predicted octanol–water partition coefficient (Wildman–Crippen LogP) is 0.794. The van der Waals surface area contributed by atoms with Crippen molar-refractivity contribution < 1.29 is 13.9 Å². The molecule has 3 nitrogen and oxygen atoms in total. The van der Waals surface area contributed by atoms with E-state index in [0.29, 0.717) is 22.6 Å². The maximum Gasteiger partial charge on any atom is 0.257 e. The lowest BCUT2D eigenvalue weighted by atomic mass is 10.00. The van der Waals surface area contributed by atoms with Crippen LogP contribution in [-0.2, 0) is 13.9 Å². The van der Waals surface area contributed by atoms with Crippen molar-refractivity contribution in [1.29, 1.82) is 0 Å². The van der Waals surface area contributed by atoms with Crippen LogP contribution in [-0.4, -0.2) is 40.9 Å². The molecule has 0 amide bonds. The zero-order valence-corrected chi connectivity index (χ0v) is 9.14. The van der Waals surface area contributed by atoms with Crippen LogP contribution in [0.2, 0.25) is 0 Å². The fourth-order valence-electron chi connectivity index (χ4n) is 1.09. The van der Waals surface area contributed by atoms with Crippen LogP contribution in [0.1, 0.15) is 20.8 Å². The smallest absolute Gasteiger partial charge is 0.257 e. The Kier molecular flexibility index (Phi) is 2.93. The van der Waals surface area contributed by atoms with Crippen LogP contribution < -0.4 is 0 Å². The molecule has 1 aliphatic rings. The fraction of sp³-hybridized carbons (Fsp3) is 1.00. The first-order chi connectivity index (χ1) is 5.52. The molecule has 1 rings (SSSR count). The second-order valence-electron chi connectivity index (χ2n) is 3.68. The van der Waals surface area contributed by atoms with Gasteiger partial charge in [-0.05, 0) is 20.8 Å². The van der Waals surface area contributed by atoms with Gasteiger partial charge in [0, 0.05) is 7.11 Å². The summed E-state index contributed by atoms with van der Waals surface area (Å²) in [4.78, 5) is 0. The summed E-state index contributed by atoms with van der Waals surface area (Å²) < 4.78 is 15.8. The molecular weight excluding hydrogens is 172 g/mol. The molecule has 1 unspecified atom stereocenters. The van der Waals surface area contributed by atoms with E-state index in [-0.39, 0.29) is 11.2 Å². The molecule has 1 aliphatic heterocycles. The summed E-state index contributed by atoms with van der Waals surface area (Å²) in [7, 11) is 2.11. The van der Waals surface area contributed by atoms with Crippen molar-refractivity contribution in [3.8, 4) is 0 Å². The molecule has 0 bridgehead atoms. The van der Waals surface area contributed by atoms with Crippen LogP contribution in [0, 0.1) is 0 Å². The number of ether oxygens (including phenoxy) is 2. The molecule has 0 aromatic carbocycles. The lowest BCUT2D eigenvalue weighted by Gasteiger charge is -2.08. The average Bonchev–Trinajstić information content (AvgIpc) is 2.45. The Morgan fingerprint density at radius 1 is 1.33 bits per heavy atom. The zero-order valence-electron chi connectivity index (χ0n) is 8.14. The number of hydrogen-bond acceptors (Lipinski definition) is 3. The molecule has 12 heavy (non-hydrogen) atoms. The molecule has 1 fully saturated rings. The molecule has 0 spiro atoms. The Morgan fingerprint density at radius 2 is 1.92 bits per heavy atom. The molecular formula is C8H16O3Si. The van der Waals surface area contributed by atoms with Gasteiger partial charge in [-0.3, -0.25) is 0 Å². The van der Waals surface area contributed by atoms with Gasteiger partial charge in [0.2, 0.25) is 0 Å². The van der Waals surface area contributed by atoms with E-state index in [1.807, 2.05) is 0 Å². The SMILES string of the molecule is CO[Si]COCC1(C)OC1(C)C. The van der Waals surface area contributed by atoms with Crippen molar-refractivity contribution in [1.82, 2.24) is 0 Å². The molecule has 0 aromatic heterocycles. The summed E-state index contributed by atoms with van der Waals surface area (Å²) in [6, 6.07) is 0. The highest BCUT2D eigenvalue weighted by Crippen LogP contribution is 2.47. The van der Waals surface area contributed by atoms with Gasteiger partial charge in [0.25, 0.3) is 9.76 Å². The summed E-state index contributed by atoms with van der Waals surface area (Å²) in [5, 5.41) is 0. The summed E-state index contributed by atoms with van der Waals surface area (Å²) in [5.74, 6) is 0. The zero-order chi connectivity index (χ0) is 9.24. The largest absolute Gasteiger partial charge is 0.418 e. The molecule has 2 radical (unpaired) electrons. The lowest BCUT2D eigenvalue weighted by molar-refractivity contribution is 0.110. The van der Waals surface area contributed by atoms with E-state index in [0.717, 1.165) is 0 Å². The Bertz CT molecular complexity index is 160. The second-order valence-corrected chi connectivity index (χ2v) is 4.67. The maximum absolute atomic E-state index is 5.51. The third-order valence-electron chi connectivity index (χ3n) is 2.40. The highest BCUT2D eigenvalue weighted by atomic mass is 28.2. The molecule has 1 heterocycles. The van der Waals surface area contributed by atoms with Crippen molar-refractivity contribution in [3.05, 3.63) is 0 Å². The van der Waals surface area contributed by atoms with Gasteiger partial charge < -0.3 is 13.9 Å². The summed E-state index contributed by atoms with van der Waals surface area (Å²) in [6.45, 7) is 6.89. The van der Waals surface area contributed by atoms with Gasteiger partial charge in [-0.1, -0.05) is 0 Å². The molecule has 1 saturated heterocycles. The maximum atomic E-state index is 5.51. The highest BCUT2D eigenvalue weighted by Gasteiger charge is 2.60. The molecule has 0 aromatic rings. The Hall–Kier alpha value is 0.0969. The predicted molar refractivity (Wildman–Crippen MR) is 47.2 cm³/mol. The first-order valence-electron chi connectivity index (χ1n) is 4.06. The first kappa shape index (κ1) is 10.2. The van der Waals surface area contributed by atoms with Crippen LogP contribution in [0.15, 0.2) is 0 Å². The van der Waals surface area contributed by atoms with E-state index in [2.05, 4.69) is 20.8 Å². The van der Waals surface area contributed by atoms with Gasteiger partial charge in [0.1, 0.15) is 5.60 Å². The molecule has 4 heteroatoms. The molecule has 0 aliphatic carbocycles. The van der Waals surface area contributed by atoms with Crippen molar-refractivity contribution in [2.45, 2.75) is 32.0 Å². The normalized spacial score (nSPS) is 32.0. The average molecular weight is 188 g/mol. The van der Waals surface area contributed by atoms with Crippen LogP contribution in [0.25, 0.3) is 0 Å². The van der Waals surface area contributed by atoms with Gasteiger partial charge in [-0.2, -0.15) is 0 Å². The third kappa shape index (κ3) is 2.07. The highest BCUT2D eigenvalue weighted by molar-refractivity contribution is 6.26. The van der Waals surface area contributed by atoms with Crippen molar-refractivity contribution in [3.63, 3.8) is 0 Å². The van der Waals surface area contributed by atoms with Gasteiger partial charge in [0.15, 0.2) is 0 Å². The summed E-state index contributed by atoms with van der Waals surface area (Å²) >= 11 is 0. The van der Waals surface area contributed by atoms with Crippen molar-refractivity contribution >= 4 is 9.76 Å². The van der Waals surface area contributed by atoms with E-state index in [1.165, 1.54) is 0 Å². The Morgan fingerprint density at radius 3 is 2.33 bits per heavy atom. The summed E-state index contributed by atoms with van der Waals surface area (Å²) in [5.41, 5.74) is -0.0889. The standard InChI is InChI=1S/C8H16O3Si/c1-7(2)8(3,11-7)5-10-6-12-9-4/h5-6H2,1-4H3. The van der Waals surface area contributed by atoms with Crippen molar-refractivity contribution in [2.75, 3.05) is 19.9 Å². The topological polar surface area (TPSA) is 31.0 Å². The summed E-state index contributed by atoms with van der Waals surface area (Å²) in [6.07, 6.45) is 0.672. The van der Waals surface area contributed by atoms with Crippen LogP contribution in [0.3, 0.4) is 0 Å². The molecule has 0 saturated carbocycles. The van der Waals surface area contributed by atoms with E-state index >= 15 is 0 Å². The number of epoxide rings is 1. The van der Waals surface area contributed by atoms with Gasteiger partial charge in [-0.15, -0.1) is 0 Å². The van der Waals surface area contributed by atoms with Crippen molar-refractivity contribution in [2.24, 2.45) is 0 Å². The van der Waals surface area contributed by atoms with Gasteiger partial charge in [0.05, 0.1) is 18.4 Å². The number of rotatable bonds is 5. The minimum absolute atomic E-state index is 0.0107. The minimum atomic E-state index is -0.0782.